The van der Waals surface area contributed by atoms with Crippen molar-refractivity contribution in [2.45, 2.75) is 130 Å². The Balaban J connectivity index is 1.11. The molecule has 0 radical (unpaired) electrons. The molecule has 3 unspecified atom stereocenters. The second kappa shape index (κ2) is 24.2. The SMILES string of the molecule is Cc1ncsc1-c1ccc(C(C)NC(=O)[C@@H]2C[C@@H](O)CN2C(=O)C(NC(=O)CCCCCCN(C)CCC(CSc2ccccc2)Nc2ccc(S(N)(=O)=O)cc2S(=O)(=O)C(F)(F)F)C(C)(C)C)cc1. The third-order valence-electron chi connectivity index (χ3n) is 12.0. The summed E-state index contributed by atoms with van der Waals surface area (Å²) in [6.45, 7) is 10.4. The maximum atomic E-state index is 14.1. The van der Waals surface area contributed by atoms with E-state index in [1.54, 1.807) is 16.8 Å². The molecule has 2 heterocycles. The first-order chi connectivity index (χ1) is 32.8. The molecular weight excluding hydrogens is 988 g/mol. The van der Waals surface area contributed by atoms with Crippen LogP contribution in [0.4, 0.5) is 18.9 Å². The highest BCUT2D eigenvalue weighted by molar-refractivity contribution is 7.99. The van der Waals surface area contributed by atoms with Gasteiger partial charge in [0.15, 0.2) is 0 Å². The molecular formula is C48H64F3N7O8S4. The summed E-state index contributed by atoms with van der Waals surface area (Å²) in [7, 11) is -8.61. The minimum absolute atomic E-state index is 0.0423. The summed E-state index contributed by atoms with van der Waals surface area (Å²) in [5.74, 6) is -0.812. The van der Waals surface area contributed by atoms with Crippen LogP contribution in [-0.4, -0.2) is 117 Å². The lowest BCUT2D eigenvalue weighted by Crippen LogP contribution is -2.57. The molecule has 6 N–H and O–H groups in total. The fourth-order valence-electron chi connectivity index (χ4n) is 8.03. The Hall–Kier alpha value is -4.58. The van der Waals surface area contributed by atoms with Crippen molar-refractivity contribution in [3.8, 4) is 10.4 Å². The van der Waals surface area contributed by atoms with Gasteiger partial charge in [0.1, 0.15) is 17.0 Å². The van der Waals surface area contributed by atoms with E-state index in [2.05, 4.69) is 20.9 Å². The first-order valence-electron chi connectivity index (χ1n) is 23.0. The third kappa shape index (κ3) is 15.5. The highest BCUT2D eigenvalue weighted by atomic mass is 32.2. The molecule has 0 aliphatic carbocycles. The van der Waals surface area contributed by atoms with Crippen molar-refractivity contribution in [3.63, 3.8) is 0 Å². The number of primary sulfonamides is 1. The van der Waals surface area contributed by atoms with Crippen molar-refractivity contribution in [2.24, 2.45) is 10.6 Å². The van der Waals surface area contributed by atoms with Crippen molar-refractivity contribution in [1.82, 2.24) is 25.4 Å². The number of anilines is 1. The van der Waals surface area contributed by atoms with E-state index in [0.717, 1.165) is 51.6 Å². The number of hydrogen-bond acceptors (Lipinski definition) is 13. The molecule has 1 aliphatic rings. The summed E-state index contributed by atoms with van der Waals surface area (Å²) in [5, 5.41) is 24.7. The van der Waals surface area contributed by atoms with Gasteiger partial charge < -0.3 is 30.9 Å². The number of hydrogen-bond donors (Lipinski definition) is 5. The lowest BCUT2D eigenvalue weighted by atomic mass is 9.85. The normalized spacial score (nSPS) is 17.0. The number of carbonyl (C=O) groups excluding carboxylic acids is 3. The van der Waals surface area contributed by atoms with Crippen LogP contribution in [0, 0.1) is 12.3 Å². The number of aromatic nitrogens is 1. The van der Waals surface area contributed by atoms with Crippen LogP contribution >= 0.6 is 23.1 Å². The zero-order valence-electron chi connectivity index (χ0n) is 40.2. The first-order valence-corrected chi connectivity index (χ1v) is 27.9. The number of β-amino-alcohol motifs (C(OH)–C–C–N with tert-alkyl or cyclic N) is 1. The van der Waals surface area contributed by atoms with E-state index >= 15 is 0 Å². The molecule has 15 nitrogen and oxygen atoms in total. The van der Waals surface area contributed by atoms with Gasteiger partial charge in [0.2, 0.25) is 27.7 Å². The van der Waals surface area contributed by atoms with Gasteiger partial charge in [0.25, 0.3) is 9.84 Å². The molecule has 4 aromatic rings. The smallest absolute Gasteiger partial charge is 0.391 e. The topological polar surface area (TPSA) is 221 Å². The van der Waals surface area contributed by atoms with Crippen LogP contribution in [0.15, 0.2) is 93.0 Å². The van der Waals surface area contributed by atoms with Gasteiger partial charge in [-0.3, -0.25) is 14.4 Å². The van der Waals surface area contributed by atoms with E-state index < -0.39 is 82.3 Å². The number of sulfonamides is 1. The number of benzene rings is 3. The number of nitrogens with one attached hydrogen (secondary N) is 3. The molecule has 70 heavy (non-hydrogen) atoms. The molecule has 0 bridgehead atoms. The number of nitrogens with zero attached hydrogens (tertiary/aromatic N) is 3. The van der Waals surface area contributed by atoms with Gasteiger partial charge in [0.05, 0.1) is 38.8 Å². The van der Waals surface area contributed by atoms with E-state index in [0.29, 0.717) is 44.2 Å². The predicted octanol–water partition coefficient (Wildman–Crippen LogP) is 7.27. The van der Waals surface area contributed by atoms with Gasteiger partial charge in [-0.25, -0.2) is 27.0 Å². The molecule has 5 rings (SSSR count). The largest absolute Gasteiger partial charge is 0.501 e. The number of sulfone groups is 1. The number of aryl methyl sites for hydroxylation is 1. The maximum Gasteiger partial charge on any atom is 0.501 e. The lowest BCUT2D eigenvalue weighted by Gasteiger charge is -2.35. The second-order valence-corrected chi connectivity index (χ2v) is 24.2. The van der Waals surface area contributed by atoms with Gasteiger partial charge in [-0.15, -0.1) is 23.1 Å². The molecule has 3 aromatic carbocycles. The highest BCUT2D eigenvalue weighted by Gasteiger charge is 2.49. The van der Waals surface area contributed by atoms with Crippen LogP contribution < -0.4 is 21.1 Å². The molecule has 1 aliphatic heterocycles. The number of likely N-dealkylation sites (tertiary alicyclic amines) is 1. The quantitative estimate of drug-likeness (QED) is 0.0366. The molecule has 0 saturated carbocycles. The summed E-state index contributed by atoms with van der Waals surface area (Å²) in [4.78, 5) is 48.8. The number of halogens is 3. The van der Waals surface area contributed by atoms with Crippen molar-refractivity contribution >= 4 is 66.4 Å². The number of carbonyl (C=O) groups is 3. The number of unbranched alkanes of at least 4 members (excludes halogenated alkanes) is 3. The van der Waals surface area contributed by atoms with Crippen LogP contribution in [0.25, 0.3) is 10.4 Å². The fraction of sp³-hybridized carbons (Fsp3) is 0.500. The number of thiazole rings is 1. The molecule has 384 valence electrons. The lowest BCUT2D eigenvalue weighted by molar-refractivity contribution is -0.144. The van der Waals surface area contributed by atoms with E-state index in [1.165, 1.54) is 16.7 Å². The van der Waals surface area contributed by atoms with Crippen LogP contribution in [0.3, 0.4) is 0 Å². The summed E-state index contributed by atoms with van der Waals surface area (Å²) in [5.41, 5.74) is -2.18. The molecule has 0 spiro atoms. The van der Waals surface area contributed by atoms with Crippen LogP contribution in [0.1, 0.15) is 89.9 Å². The summed E-state index contributed by atoms with van der Waals surface area (Å²) < 4.78 is 90.6. The van der Waals surface area contributed by atoms with Gasteiger partial charge in [0, 0.05) is 36.1 Å². The third-order valence-corrected chi connectivity index (χ3v) is 16.6. The molecule has 1 saturated heterocycles. The average molecular weight is 1050 g/mol. The van der Waals surface area contributed by atoms with Gasteiger partial charge in [-0.1, -0.05) is 76.1 Å². The summed E-state index contributed by atoms with van der Waals surface area (Å²) >= 11 is 2.97. The number of nitrogens with two attached hydrogens (primary N) is 1. The number of thioether (sulfide) groups is 1. The zero-order valence-corrected chi connectivity index (χ0v) is 43.4. The Morgan fingerprint density at radius 2 is 1.63 bits per heavy atom. The van der Waals surface area contributed by atoms with E-state index in [-0.39, 0.29) is 31.3 Å². The second-order valence-electron chi connectivity index (χ2n) is 18.8. The van der Waals surface area contributed by atoms with Crippen molar-refractivity contribution in [3.05, 3.63) is 89.6 Å². The number of amides is 3. The Morgan fingerprint density at radius 3 is 2.24 bits per heavy atom. The van der Waals surface area contributed by atoms with E-state index in [9.17, 15) is 49.5 Å². The van der Waals surface area contributed by atoms with Gasteiger partial charge in [-0.2, -0.15) is 13.2 Å². The number of alkyl halides is 3. The summed E-state index contributed by atoms with van der Waals surface area (Å²) in [6, 6.07) is 16.6. The predicted molar refractivity (Wildman–Crippen MR) is 267 cm³/mol. The van der Waals surface area contributed by atoms with Crippen LogP contribution in [0.2, 0.25) is 0 Å². The minimum Gasteiger partial charge on any atom is -0.391 e. The fourth-order valence-corrected chi connectivity index (χ4v) is 11.4. The first kappa shape index (κ1) is 56.3. The standard InChI is InChI=1S/C48H64F3N7O8S4/c1-31(33-17-19-34(20-18-33)43-32(2)53-30-68-43)54-45(61)40-26-36(59)28-58(40)46(62)44(47(3,4)5)56-42(60)16-12-7-8-13-24-57(6)25-23-35(29-67-37-14-10-9-11-15-37)55-39-22-21-38(70(52,65)66)27-41(39)69(63,64)48(49,50)51/h9-11,14-15,17-22,27,30-31,35-36,40,44,55,59H,7-8,12-13,16,23-26,28-29H2,1-6H3,(H,54,61)(H,56,60)(H2,52,65,66)/t31?,35?,36-,40+,44?/m1/s1. The molecule has 1 aromatic heterocycles. The maximum absolute atomic E-state index is 14.1. The number of rotatable bonds is 23. The van der Waals surface area contributed by atoms with E-state index in [4.69, 9.17) is 5.14 Å². The Labute approximate surface area is 417 Å². The molecule has 3 amide bonds. The number of aliphatic hydroxyl groups is 1. The highest BCUT2D eigenvalue weighted by Crippen LogP contribution is 2.37. The van der Waals surface area contributed by atoms with Gasteiger partial charge in [-0.05, 0) is 100 Å². The van der Waals surface area contributed by atoms with E-state index in [1.807, 2.05) is 101 Å². The zero-order chi connectivity index (χ0) is 51.6. The Bertz CT molecular complexity index is 2630. The van der Waals surface area contributed by atoms with Crippen LogP contribution in [-0.2, 0) is 34.2 Å². The monoisotopic (exact) mass is 1050 g/mol. The van der Waals surface area contributed by atoms with Crippen molar-refractivity contribution in [2.75, 3.05) is 37.8 Å². The molecule has 22 heteroatoms. The Morgan fingerprint density at radius 1 is 0.957 bits per heavy atom. The van der Waals surface area contributed by atoms with Crippen molar-refractivity contribution < 1.29 is 49.5 Å². The average Bonchev–Trinajstić information content (AvgIpc) is 3.91. The minimum atomic E-state index is -5.97. The molecule has 5 atom stereocenters. The van der Waals surface area contributed by atoms with Gasteiger partial charge >= 0.3 is 5.51 Å². The van der Waals surface area contributed by atoms with Crippen LogP contribution in [0.5, 0.6) is 0 Å². The molecule has 1 fully saturated rings. The number of aliphatic hydroxyl groups excluding tert-OH is 1. The van der Waals surface area contributed by atoms with Crippen molar-refractivity contribution in [1.29, 1.82) is 0 Å². The Kier molecular flexibility index (Phi) is 19.5. The summed E-state index contributed by atoms with van der Waals surface area (Å²) in [6.07, 6.45) is 2.51.